The minimum Gasteiger partial charge on any atom is -0.481 e. The van der Waals surface area contributed by atoms with Crippen LogP contribution in [0.15, 0.2) is 0 Å². The summed E-state index contributed by atoms with van der Waals surface area (Å²) in [4.78, 5) is 10.3. The van der Waals surface area contributed by atoms with E-state index in [0.717, 1.165) is 32.7 Å². The van der Waals surface area contributed by atoms with Crippen LogP contribution >= 0.6 is 0 Å². The fourth-order valence-corrected chi connectivity index (χ4v) is 2.43. The highest BCUT2D eigenvalue weighted by Crippen LogP contribution is 2.10. The van der Waals surface area contributed by atoms with Gasteiger partial charge in [-0.15, -0.1) is 0 Å². The average molecular weight is 315 g/mol. The first kappa shape index (κ1) is 21.4. The molecular formula is C18H37NO3. The van der Waals surface area contributed by atoms with Crippen molar-refractivity contribution in [2.24, 2.45) is 0 Å². The number of hydrogen-bond acceptors (Lipinski definition) is 3. The summed E-state index contributed by atoms with van der Waals surface area (Å²) in [5, 5.41) is 11.7. The number of carboxylic acid groups (broad SMARTS) is 1. The molecular weight excluding hydrogens is 278 g/mol. The largest absolute Gasteiger partial charge is 0.481 e. The van der Waals surface area contributed by atoms with Crippen LogP contribution in [0.3, 0.4) is 0 Å². The summed E-state index contributed by atoms with van der Waals surface area (Å²) in [5.74, 6) is -0.723. The molecule has 0 saturated carbocycles. The minimum absolute atomic E-state index is 0.243. The van der Waals surface area contributed by atoms with Gasteiger partial charge in [0.05, 0.1) is 6.61 Å². The number of ether oxygens (including phenoxy) is 1. The van der Waals surface area contributed by atoms with Gasteiger partial charge >= 0.3 is 5.97 Å². The Bertz CT molecular complexity index is 234. The number of rotatable bonds is 18. The van der Waals surface area contributed by atoms with Gasteiger partial charge in [0, 0.05) is 19.6 Å². The van der Waals surface area contributed by atoms with Crippen molar-refractivity contribution >= 4 is 5.97 Å². The van der Waals surface area contributed by atoms with E-state index in [4.69, 9.17) is 9.84 Å². The van der Waals surface area contributed by atoms with E-state index in [1.165, 1.54) is 57.8 Å². The van der Waals surface area contributed by atoms with Gasteiger partial charge in [-0.2, -0.15) is 0 Å². The summed E-state index contributed by atoms with van der Waals surface area (Å²) in [7, 11) is 0. The molecule has 0 unspecified atom stereocenters. The number of carboxylic acids is 1. The maximum atomic E-state index is 10.3. The first-order valence-electron chi connectivity index (χ1n) is 9.27. The van der Waals surface area contributed by atoms with Crippen LogP contribution in [-0.2, 0) is 9.53 Å². The average Bonchev–Trinajstić information content (AvgIpc) is 2.50. The third kappa shape index (κ3) is 19.4. The van der Waals surface area contributed by atoms with Crippen LogP contribution in [0, 0.1) is 0 Å². The Balaban J connectivity index is 2.95. The second kappa shape index (κ2) is 18.4. The van der Waals surface area contributed by atoms with Gasteiger partial charge in [-0.05, 0) is 19.4 Å². The zero-order valence-electron chi connectivity index (χ0n) is 14.6. The van der Waals surface area contributed by atoms with Crippen LogP contribution in [-0.4, -0.2) is 37.4 Å². The molecule has 0 atom stereocenters. The molecule has 0 spiro atoms. The van der Waals surface area contributed by atoms with Gasteiger partial charge < -0.3 is 15.2 Å². The van der Waals surface area contributed by atoms with Gasteiger partial charge in [0.2, 0.25) is 0 Å². The maximum Gasteiger partial charge on any atom is 0.303 e. The molecule has 2 N–H and O–H groups in total. The van der Waals surface area contributed by atoms with E-state index in [1.807, 2.05) is 0 Å². The third-order valence-corrected chi connectivity index (χ3v) is 3.81. The smallest absolute Gasteiger partial charge is 0.303 e. The molecule has 0 aliphatic heterocycles. The normalized spacial score (nSPS) is 11.0. The van der Waals surface area contributed by atoms with Gasteiger partial charge in [-0.3, -0.25) is 4.79 Å². The van der Waals surface area contributed by atoms with E-state index in [-0.39, 0.29) is 6.42 Å². The molecule has 22 heavy (non-hydrogen) atoms. The Morgan fingerprint density at radius 3 is 2.00 bits per heavy atom. The van der Waals surface area contributed by atoms with E-state index >= 15 is 0 Å². The predicted octanol–water partition coefficient (Wildman–Crippen LogP) is 4.38. The van der Waals surface area contributed by atoms with Crippen molar-refractivity contribution in [3.8, 4) is 0 Å². The van der Waals surface area contributed by atoms with Gasteiger partial charge in [0.1, 0.15) is 0 Å². The second-order valence-electron chi connectivity index (χ2n) is 6.04. The molecule has 4 nitrogen and oxygen atoms in total. The van der Waals surface area contributed by atoms with E-state index in [1.54, 1.807) is 0 Å². The number of nitrogens with one attached hydrogen (secondary N) is 1. The summed E-state index contributed by atoms with van der Waals surface area (Å²) < 4.78 is 5.55. The quantitative estimate of drug-likeness (QED) is 0.369. The van der Waals surface area contributed by atoms with Crippen LogP contribution in [0.1, 0.15) is 84.0 Å². The van der Waals surface area contributed by atoms with Crippen LogP contribution in [0.25, 0.3) is 0 Å². The highest BCUT2D eigenvalue weighted by Gasteiger charge is 1.96. The molecule has 0 aliphatic carbocycles. The summed E-state index contributed by atoms with van der Waals surface area (Å²) in [6.45, 7) is 5.42. The molecule has 4 heteroatoms. The van der Waals surface area contributed by atoms with Crippen molar-refractivity contribution in [3.63, 3.8) is 0 Å². The predicted molar refractivity (Wildman–Crippen MR) is 92.4 cm³/mol. The maximum absolute atomic E-state index is 10.3. The van der Waals surface area contributed by atoms with Crippen molar-refractivity contribution in [1.82, 2.24) is 5.32 Å². The first-order chi connectivity index (χ1) is 10.8. The third-order valence-electron chi connectivity index (χ3n) is 3.81. The second-order valence-corrected chi connectivity index (χ2v) is 6.04. The highest BCUT2D eigenvalue weighted by molar-refractivity contribution is 5.66. The fourth-order valence-electron chi connectivity index (χ4n) is 2.43. The number of aliphatic carboxylic acids is 1. The Kier molecular flexibility index (Phi) is 17.9. The lowest BCUT2D eigenvalue weighted by Crippen LogP contribution is -2.21. The Labute approximate surface area is 137 Å². The van der Waals surface area contributed by atoms with E-state index < -0.39 is 5.97 Å². The summed E-state index contributed by atoms with van der Waals surface area (Å²) in [6, 6.07) is 0. The first-order valence-corrected chi connectivity index (χ1v) is 9.27. The van der Waals surface area contributed by atoms with Crippen LogP contribution in [0.4, 0.5) is 0 Å². The lowest BCUT2D eigenvalue weighted by molar-refractivity contribution is -0.137. The molecule has 0 radical (unpaired) electrons. The standard InChI is InChI=1S/C18H37NO3/c1-2-3-4-5-6-7-8-9-10-11-16-22-17-15-19-14-12-13-18(20)21/h19H,2-17H2,1H3,(H,20,21). The zero-order valence-corrected chi connectivity index (χ0v) is 14.6. The van der Waals surface area contributed by atoms with Crippen LogP contribution < -0.4 is 5.32 Å². The number of carbonyl (C=O) groups is 1. The fraction of sp³-hybridized carbons (Fsp3) is 0.944. The van der Waals surface area contributed by atoms with Crippen molar-refractivity contribution in [2.75, 3.05) is 26.3 Å². The molecule has 0 bridgehead atoms. The van der Waals surface area contributed by atoms with Gasteiger partial charge in [0.15, 0.2) is 0 Å². The van der Waals surface area contributed by atoms with Crippen LogP contribution in [0.5, 0.6) is 0 Å². The van der Waals surface area contributed by atoms with E-state index in [2.05, 4.69) is 12.2 Å². The molecule has 0 aliphatic rings. The Morgan fingerprint density at radius 2 is 1.41 bits per heavy atom. The Hall–Kier alpha value is -0.610. The molecule has 0 aromatic heterocycles. The molecule has 132 valence electrons. The summed E-state index contributed by atoms with van der Waals surface area (Å²) >= 11 is 0. The van der Waals surface area contributed by atoms with E-state index in [0.29, 0.717) is 6.42 Å². The lowest BCUT2D eigenvalue weighted by Gasteiger charge is -2.06. The lowest BCUT2D eigenvalue weighted by atomic mass is 10.1. The van der Waals surface area contributed by atoms with E-state index in [9.17, 15) is 4.79 Å². The van der Waals surface area contributed by atoms with Gasteiger partial charge in [-0.25, -0.2) is 0 Å². The van der Waals surface area contributed by atoms with Gasteiger partial charge in [0.25, 0.3) is 0 Å². The monoisotopic (exact) mass is 315 g/mol. The minimum atomic E-state index is -0.723. The molecule has 0 fully saturated rings. The Morgan fingerprint density at radius 1 is 0.818 bits per heavy atom. The summed E-state index contributed by atoms with van der Waals surface area (Å²) in [5.41, 5.74) is 0. The van der Waals surface area contributed by atoms with Crippen molar-refractivity contribution < 1.29 is 14.6 Å². The topological polar surface area (TPSA) is 58.6 Å². The zero-order chi connectivity index (χ0) is 16.3. The summed E-state index contributed by atoms with van der Waals surface area (Å²) in [6.07, 6.45) is 14.4. The van der Waals surface area contributed by atoms with Crippen LogP contribution in [0.2, 0.25) is 0 Å². The highest BCUT2D eigenvalue weighted by atomic mass is 16.5. The molecule has 0 saturated heterocycles. The van der Waals surface area contributed by atoms with Crippen molar-refractivity contribution in [3.05, 3.63) is 0 Å². The molecule has 0 rings (SSSR count). The SMILES string of the molecule is CCCCCCCCCCCCOCCNCCCC(=O)O. The molecule has 0 amide bonds. The molecule has 0 aromatic rings. The van der Waals surface area contributed by atoms with Gasteiger partial charge in [-0.1, -0.05) is 64.7 Å². The molecule has 0 aromatic carbocycles. The van der Waals surface area contributed by atoms with Crippen molar-refractivity contribution in [2.45, 2.75) is 84.0 Å². The molecule has 0 heterocycles. The number of hydrogen-bond donors (Lipinski definition) is 2. The number of unbranched alkanes of at least 4 members (excludes halogenated alkanes) is 9. The van der Waals surface area contributed by atoms with Crippen molar-refractivity contribution in [1.29, 1.82) is 0 Å².